The largest absolute Gasteiger partial charge is 0.492 e. The minimum absolute atomic E-state index is 0.143. The van der Waals surface area contributed by atoms with Gasteiger partial charge in [-0.3, -0.25) is 4.79 Å². The number of carbonyl (C=O) groups excluding carboxylic acids is 1. The standard InChI is InChI=1S/C15H23NO3/c1-10-7-13(9-12(3)16)8-11(2)15(10)19-6-5-14(17)18-4/h7-8,12H,5-6,9,16H2,1-4H3. The van der Waals surface area contributed by atoms with Crippen molar-refractivity contribution in [2.24, 2.45) is 5.73 Å². The van der Waals surface area contributed by atoms with Gasteiger partial charge in [0.2, 0.25) is 0 Å². The zero-order valence-corrected chi connectivity index (χ0v) is 12.2. The molecule has 0 heterocycles. The van der Waals surface area contributed by atoms with Gasteiger partial charge < -0.3 is 15.2 Å². The van der Waals surface area contributed by atoms with Gasteiger partial charge in [0.15, 0.2) is 0 Å². The number of rotatable bonds is 6. The highest BCUT2D eigenvalue weighted by Crippen LogP contribution is 2.25. The van der Waals surface area contributed by atoms with Crippen molar-refractivity contribution in [3.63, 3.8) is 0 Å². The highest BCUT2D eigenvalue weighted by Gasteiger charge is 2.09. The van der Waals surface area contributed by atoms with Crippen LogP contribution < -0.4 is 10.5 Å². The summed E-state index contributed by atoms with van der Waals surface area (Å²) in [6.45, 7) is 6.34. The van der Waals surface area contributed by atoms with E-state index >= 15 is 0 Å². The van der Waals surface area contributed by atoms with Crippen molar-refractivity contribution < 1.29 is 14.3 Å². The zero-order valence-electron chi connectivity index (χ0n) is 12.2. The van der Waals surface area contributed by atoms with Crippen molar-refractivity contribution in [1.82, 2.24) is 0 Å². The molecule has 0 saturated heterocycles. The van der Waals surface area contributed by atoms with Crippen LogP contribution in [-0.2, 0) is 16.0 Å². The second kappa shape index (κ2) is 7.14. The SMILES string of the molecule is COC(=O)CCOc1c(C)cc(CC(C)N)cc1C. The van der Waals surface area contributed by atoms with Gasteiger partial charge in [0.25, 0.3) is 0 Å². The van der Waals surface area contributed by atoms with Gasteiger partial charge in [-0.05, 0) is 43.9 Å². The smallest absolute Gasteiger partial charge is 0.308 e. The van der Waals surface area contributed by atoms with Crippen molar-refractivity contribution >= 4 is 5.97 Å². The van der Waals surface area contributed by atoms with Gasteiger partial charge in [0.05, 0.1) is 20.1 Å². The minimum Gasteiger partial charge on any atom is -0.492 e. The predicted octanol–water partition coefficient (Wildman–Crippen LogP) is 2.14. The summed E-state index contributed by atoms with van der Waals surface area (Å²) in [6, 6.07) is 4.32. The predicted molar refractivity (Wildman–Crippen MR) is 75.4 cm³/mol. The molecular formula is C15H23NO3. The van der Waals surface area contributed by atoms with Gasteiger partial charge in [-0.1, -0.05) is 12.1 Å². The summed E-state index contributed by atoms with van der Waals surface area (Å²) in [7, 11) is 1.38. The normalized spacial score (nSPS) is 12.1. The lowest BCUT2D eigenvalue weighted by Crippen LogP contribution is -2.18. The molecule has 1 atom stereocenters. The first-order valence-electron chi connectivity index (χ1n) is 6.49. The number of methoxy groups -OCH3 is 1. The Balaban J connectivity index is 2.71. The number of aryl methyl sites for hydroxylation is 2. The molecule has 0 aliphatic rings. The van der Waals surface area contributed by atoms with Gasteiger partial charge in [0, 0.05) is 6.04 Å². The van der Waals surface area contributed by atoms with E-state index in [0.29, 0.717) is 6.61 Å². The molecule has 19 heavy (non-hydrogen) atoms. The fraction of sp³-hybridized carbons (Fsp3) is 0.533. The van der Waals surface area contributed by atoms with Gasteiger partial charge in [-0.25, -0.2) is 0 Å². The second-order valence-corrected chi connectivity index (χ2v) is 4.91. The van der Waals surface area contributed by atoms with Gasteiger partial charge in [0.1, 0.15) is 5.75 Å². The summed E-state index contributed by atoms with van der Waals surface area (Å²) >= 11 is 0. The maximum atomic E-state index is 11.0. The van der Waals surface area contributed by atoms with E-state index in [1.165, 1.54) is 12.7 Å². The molecule has 1 aromatic carbocycles. The molecule has 0 aliphatic carbocycles. The molecule has 1 rings (SSSR count). The number of ether oxygens (including phenoxy) is 2. The van der Waals surface area contributed by atoms with Crippen LogP contribution in [-0.4, -0.2) is 25.7 Å². The molecule has 1 aromatic rings. The van der Waals surface area contributed by atoms with Crippen LogP contribution in [0, 0.1) is 13.8 Å². The van der Waals surface area contributed by atoms with Crippen LogP contribution in [0.3, 0.4) is 0 Å². The van der Waals surface area contributed by atoms with Gasteiger partial charge in [-0.2, -0.15) is 0 Å². The summed E-state index contributed by atoms with van der Waals surface area (Å²) in [4.78, 5) is 11.0. The molecule has 0 bridgehead atoms. The first-order valence-corrected chi connectivity index (χ1v) is 6.49. The number of carbonyl (C=O) groups is 1. The van der Waals surface area contributed by atoms with Gasteiger partial charge in [-0.15, -0.1) is 0 Å². The summed E-state index contributed by atoms with van der Waals surface area (Å²) in [5, 5.41) is 0. The Kier molecular flexibility index (Phi) is 5.83. The van der Waals surface area contributed by atoms with Crippen LogP contribution in [0.15, 0.2) is 12.1 Å². The lowest BCUT2D eigenvalue weighted by atomic mass is 10.0. The number of benzene rings is 1. The fourth-order valence-electron chi connectivity index (χ4n) is 2.10. The molecule has 0 spiro atoms. The number of hydrogen-bond donors (Lipinski definition) is 1. The molecule has 0 saturated carbocycles. The third kappa shape index (κ3) is 4.91. The molecule has 4 heteroatoms. The van der Waals surface area contributed by atoms with E-state index in [2.05, 4.69) is 16.9 Å². The van der Waals surface area contributed by atoms with Crippen molar-refractivity contribution in [3.8, 4) is 5.75 Å². The molecular weight excluding hydrogens is 242 g/mol. The summed E-state index contributed by atoms with van der Waals surface area (Å²) in [5.74, 6) is 0.584. The van der Waals surface area contributed by atoms with E-state index in [9.17, 15) is 4.79 Å². The van der Waals surface area contributed by atoms with E-state index in [4.69, 9.17) is 10.5 Å². The Morgan fingerprint density at radius 3 is 2.37 bits per heavy atom. The Labute approximate surface area is 114 Å². The van der Waals surface area contributed by atoms with Crippen LogP contribution in [0.2, 0.25) is 0 Å². The molecule has 0 fully saturated rings. The Hall–Kier alpha value is -1.55. The van der Waals surface area contributed by atoms with Crippen molar-refractivity contribution in [1.29, 1.82) is 0 Å². The third-order valence-electron chi connectivity index (χ3n) is 2.86. The minimum atomic E-state index is -0.260. The maximum Gasteiger partial charge on any atom is 0.308 e. The quantitative estimate of drug-likeness (QED) is 0.800. The first kappa shape index (κ1) is 15.5. The van der Waals surface area contributed by atoms with Crippen LogP contribution in [0.1, 0.15) is 30.0 Å². The molecule has 2 N–H and O–H groups in total. The van der Waals surface area contributed by atoms with E-state index in [-0.39, 0.29) is 18.4 Å². The topological polar surface area (TPSA) is 61.5 Å². The Bertz CT molecular complexity index is 418. The molecule has 1 unspecified atom stereocenters. The Morgan fingerprint density at radius 2 is 1.89 bits per heavy atom. The molecule has 4 nitrogen and oxygen atoms in total. The van der Waals surface area contributed by atoms with Crippen molar-refractivity contribution in [2.75, 3.05) is 13.7 Å². The van der Waals surface area contributed by atoms with Crippen LogP contribution >= 0.6 is 0 Å². The molecule has 106 valence electrons. The average molecular weight is 265 g/mol. The third-order valence-corrected chi connectivity index (χ3v) is 2.86. The molecule has 0 aliphatic heterocycles. The van der Waals surface area contributed by atoms with Gasteiger partial charge >= 0.3 is 5.97 Å². The highest BCUT2D eigenvalue weighted by molar-refractivity contribution is 5.69. The monoisotopic (exact) mass is 265 g/mol. The number of nitrogens with two attached hydrogens (primary N) is 1. The summed E-state index contributed by atoms with van der Waals surface area (Å²) in [5.41, 5.74) is 9.16. The van der Waals surface area contributed by atoms with Crippen LogP contribution in [0.4, 0.5) is 0 Å². The lowest BCUT2D eigenvalue weighted by molar-refractivity contribution is -0.141. The van der Waals surface area contributed by atoms with E-state index in [1.54, 1.807) is 0 Å². The molecule has 0 amide bonds. The van der Waals surface area contributed by atoms with E-state index in [0.717, 1.165) is 23.3 Å². The van der Waals surface area contributed by atoms with Crippen molar-refractivity contribution in [2.45, 2.75) is 39.7 Å². The summed E-state index contributed by atoms with van der Waals surface area (Å²) < 4.78 is 10.2. The Morgan fingerprint density at radius 1 is 1.32 bits per heavy atom. The number of hydrogen-bond acceptors (Lipinski definition) is 4. The number of esters is 1. The van der Waals surface area contributed by atoms with Crippen molar-refractivity contribution in [3.05, 3.63) is 28.8 Å². The highest BCUT2D eigenvalue weighted by atomic mass is 16.5. The fourth-order valence-corrected chi connectivity index (χ4v) is 2.10. The summed E-state index contributed by atoms with van der Waals surface area (Å²) in [6.07, 6.45) is 1.11. The van der Waals surface area contributed by atoms with Crippen LogP contribution in [0.5, 0.6) is 5.75 Å². The average Bonchev–Trinajstić information content (AvgIpc) is 2.31. The molecule has 0 aromatic heterocycles. The maximum absolute atomic E-state index is 11.0. The van der Waals surface area contributed by atoms with Crippen LogP contribution in [0.25, 0.3) is 0 Å². The molecule has 0 radical (unpaired) electrons. The first-order chi connectivity index (χ1) is 8.93. The van der Waals surface area contributed by atoms with E-state index < -0.39 is 0 Å². The lowest BCUT2D eigenvalue weighted by Gasteiger charge is -2.14. The second-order valence-electron chi connectivity index (χ2n) is 4.91. The van der Waals surface area contributed by atoms with E-state index in [1.807, 2.05) is 20.8 Å². The zero-order chi connectivity index (χ0) is 14.4.